The molecule has 0 saturated carbocycles. The number of anilines is 1. The molecule has 1 amide bonds. The third-order valence-corrected chi connectivity index (χ3v) is 6.59. The van der Waals surface area contributed by atoms with E-state index in [1.54, 1.807) is 0 Å². The van der Waals surface area contributed by atoms with Crippen LogP contribution in [0.3, 0.4) is 0 Å². The standard InChI is InChI=1S/C23H19N5OS2/c1-15-6-8-16(9-7-15)18-14-31-22(24-18)25-21(29)12-13-30-23-27-26-20-11-10-17-4-2-3-5-19(17)28(20)23/h2-11,14H,12-13H2,1H3,(H,24,25,29). The summed E-state index contributed by atoms with van der Waals surface area (Å²) in [6, 6.07) is 20.3. The third-order valence-electron chi connectivity index (χ3n) is 4.91. The van der Waals surface area contributed by atoms with E-state index in [9.17, 15) is 4.79 Å². The van der Waals surface area contributed by atoms with Crippen LogP contribution in [-0.2, 0) is 4.79 Å². The minimum absolute atomic E-state index is 0.0593. The van der Waals surface area contributed by atoms with Crippen LogP contribution in [0.1, 0.15) is 12.0 Å². The summed E-state index contributed by atoms with van der Waals surface area (Å²) in [7, 11) is 0. The van der Waals surface area contributed by atoms with Crippen LogP contribution in [-0.4, -0.2) is 31.2 Å². The molecule has 0 aliphatic rings. The summed E-state index contributed by atoms with van der Waals surface area (Å²) in [5.41, 5.74) is 4.99. The molecule has 0 bridgehead atoms. The van der Waals surface area contributed by atoms with E-state index in [1.807, 2.05) is 46.2 Å². The number of aromatic nitrogens is 4. The Morgan fingerprint density at radius 1 is 1.06 bits per heavy atom. The van der Waals surface area contributed by atoms with Crippen molar-refractivity contribution < 1.29 is 4.79 Å². The second-order valence-electron chi connectivity index (χ2n) is 7.12. The average Bonchev–Trinajstić information content (AvgIpc) is 3.42. The normalized spacial score (nSPS) is 11.3. The summed E-state index contributed by atoms with van der Waals surface area (Å²) < 4.78 is 2.03. The monoisotopic (exact) mass is 445 g/mol. The van der Waals surface area contributed by atoms with Crippen LogP contribution in [0.4, 0.5) is 5.13 Å². The average molecular weight is 446 g/mol. The number of pyridine rings is 1. The van der Waals surface area contributed by atoms with Crippen molar-refractivity contribution >= 4 is 50.7 Å². The smallest absolute Gasteiger partial charge is 0.226 e. The number of hydrogen-bond donors (Lipinski definition) is 1. The largest absolute Gasteiger partial charge is 0.302 e. The van der Waals surface area contributed by atoms with Crippen molar-refractivity contribution in [1.82, 2.24) is 19.6 Å². The fourth-order valence-electron chi connectivity index (χ4n) is 3.31. The Bertz CT molecular complexity index is 1370. The van der Waals surface area contributed by atoms with Crippen molar-refractivity contribution in [2.75, 3.05) is 11.1 Å². The van der Waals surface area contributed by atoms with Crippen molar-refractivity contribution in [3.63, 3.8) is 0 Å². The molecule has 5 rings (SSSR count). The van der Waals surface area contributed by atoms with Crippen LogP contribution >= 0.6 is 23.1 Å². The number of carbonyl (C=O) groups excluding carboxylic acids is 1. The Hall–Kier alpha value is -3.23. The van der Waals surface area contributed by atoms with Gasteiger partial charge in [0.1, 0.15) is 0 Å². The van der Waals surface area contributed by atoms with E-state index in [0.717, 1.165) is 33.0 Å². The van der Waals surface area contributed by atoms with E-state index in [4.69, 9.17) is 0 Å². The zero-order chi connectivity index (χ0) is 21.2. The molecular formula is C23H19N5OS2. The summed E-state index contributed by atoms with van der Waals surface area (Å²) in [5.74, 6) is 0.544. The molecule has 1 N–H and O–H groups in total. The van der Waals surface area contributed by atoms with Crippen molar-refractivity contribution in [3.8, 4) is 11.3 Å². The lowest BCUT2D eigenvalue weighted by Crippen LogP contribution is -2.12. The summed E-state index contributed by atoms with van der Waals surface area (Å²) in [6.45, 7) is 2.05. The number of rotatable bonds is 6. The van der Waals surface area contributed by atoms with Crippen LogP contribution in [0, 0.1) is 6.92 Å². The second kappa shape index (κ2) is 8.49. The predicted molar refractivity (Wildman–Crippen MR) is 127 cm³/mol. The molecular weight excluding hydrogens is 426 g/mol. The Balaban J connectivity index is 1.22. The quantitative estimate of drug-likeness (QED) is 0.353. The molecule has 3 aromatic heterocycles. The number of hydrogen-bond acceptors (Lipinski definition) is 6. The fourth-order valence-corrected chi connectivity index (χ4v) is 4.94. The van der Waals surface area contributed by atoms with E-state index in [-0.39, 0.29) is 5.91 Å². The van der Waals surface area contributed by atoms with Gasteiger partial charge in [0.2, 0.25) is 5.91 Å². The van der Waals surface area contributed by atoms with Crippen molar-refractivity contribution in [2.24, 2.45) is 0 Å². The van der Waals surface area contributed by atoms with E-state index in [1.165, 1.54) is 28.7 Å². The van der Waals surface area contributed by atoms with Gasteiger partial charge in [0.05, 0.1) is 11.2 Å². The first-order chi connectivity index (χ1) is 15.2. The van der Waals surface area contributed by atoms with Gasteiger partial charge in [0.25, 0.3) is 0 Å². The van der Waals surface area contributed by atoms with Gasteiger partial charge in [0.15, 0.2) is 15.9 Å². The molecule has 0 spiro atoms. The zero-order valence-corrected chi connectivity index (χ0v) is 18.4. The van der Waals surface area contributed by atoms with Gasteiger partial charge in [-0.1, -0.05) is 59.8 Å². The highest BCUT2D eigenvalue weighted by Gasteiger charge is 2.12. The van der Waals surface area contributed by atoms with Crippen molar-refractivity contribution in [1.29, 1.82) is 0 Å². The van der Waals surface area contributed by atoms with E-state index in [2.05, 4.69) is 51.7 Å². The first kappa shape index (κ1) is 19.7. The molecule has 0 atom stereocenters. The van der Waals surface area contributed by atoms with E-state index in [0.29, 0.717) is 17.3 Å². The molecule has 154 valence electrons. The molecule has 3 heterocycles. The lowest BCUT2D eigenvalue weighted by Gasteiger charge is -2.04. The number of benzene rings is 2. The van der Waals surface area contributed by atoms with Crippen LogP contribution in [0.15, 0.2) is 71.2 Å². The van der Waals surface area contributed by atoms with Gasteiger partial charge >= 0.3 is 0 Å². The summed E-state index contributed by atoms with van der Waals surface area (Å²) in [6.07, 6.45) is 0.365. The summed E-state index contributed by atoms with van der Waals surface area (Å²) in [4.78, 5) is 16.9. The van der Waals surface area contributed by atoms with Crippen molar-refractivity contribution in [2.45, 2.75) is 18.5 Å². The number of nitrogens with zero attached hydrogens (tertiary/aromatic N) is 4. The minimum Gasteiger partial charge on any atom is -0.302 e. The molecule has 0 unspecified atom stereocenters. The SMILES string of the molecule is Cc1ccc(-c2csc(NC(=O)CCSc3nnc4ccc5ccccc5n34)n2)cc1. The highest BCUT2D eigenvalue weighted by molar-refractivity contribution is 7.99. The van der Waals surface area contributed by atoms with Gasteiger partial charge < -0.3 is 5.32 Å². The molecule has 0 aliphatic carbocycles. The van der Waals surface area contributed by atoms with Crippen LogP contribution in [0.5, 0.6) is 0 Å². The number of aryl methyl sites for hydroxylation is 1. The zero-order valence-electron chi connectivity index (χ0n) is 16.8. The molecule has 0 fully saturated rings. The number of carbonyl (C=O) groups is 1. The number of thioether (sulfide) groups is 1. The van der Waals surface area contributed by atoms with Gasteiger partial charge in [-0.05, 0) is 30.5 Å². The van der Waals surface area contributed by atoms with Crippen LogP contribution < -0.4 is 5.32 Å². The second-order valence-corrected chi connectivity index (χ2v) is 9.04. The fraction of sp³-hybridized carbons (Fsp3) is 0.130. The van der Waals surface area contributed by atoms with E-state index < -0.39 is 0 Å². The lowest BCUT2D eigenvalue weighted by molar-refractivity contribution is -0.115. The molecule has 31 heavy (non-hydrogen) atoms. The highest BCUT2D eigenvalue weighted by atomic mass is 32.2. The van der Waals surface area contributed by atoms with Gasteiger partial charge in [-0.2, -0.15) is 0 Å². The highest BCUT2D eigenvalue weighted by Crippen LogP contribution is 2.26. The molecule has 0 radical (unpaired) electrons. The van der Waals surface area contributed by atoms with Gasteiger partial charge in [0, 0.05) is 23.1 Å². The topological polar surface area (TPSA) is 72.2 Å². The van der Waals surface area contributed by atoms with Crippen molar-refractivity contribution in [3.05, 3.63) is 71.6 Å². The number of fused-ring (bicyclic) bond motifs is 3. The first-order valence-corrected chi connectivity index (χ1v) is 11.7. The molecule has 8 heteroatoms. The van der Waals surface area contributed by atoms with Gasteiger partial charge in [-0.25, -0.2) is 4.98 Å². The minimum atomic E-state index is -0.0593. The molecule has 2 aromatic carbocycles. The number of nitrogens with one attached hydrogen (secondary N) is 1. The predicted octanol–water partition coefficient (Wildman–Crippen LogP) is 5.44. The first-order valence-electron chi connectivity index (χ1n) is 9.85. The molecule has 6 nitrogen and oxygen atoms in total. The molecule has 5 aromatic rings. The maximum absolute atomic E-state index is 12.4. The lowest BCUT2D eigenvalue weighted by atomic mass is 10.1. The third kappa shape index (κ3) is 4.17. The van der Waals surface area contributed by atoms with Gasteiger partial charge in [-0.3, -0.25) is 9.20 Å². The number of para-hydroxylation sites is 1. The summed E-state index contributed by atoms with van der Waals surface area (Å²) in [5, 5.41) is 16.0. The van der Waals surface area contributed by atoms with E-state index >= 15 is 0 Å². The Morgan fingerprint density at radius 2 is 1.90 bits per heavy atom. The Kier molecular flexibility index (Phi) is 5.40. The molecule has 0 aliphatic heterocycles. The van der Waals surface area contributed by atoms with Gasteiger partial charge in [-0.15, -0.1) is 21.5 Å². The van der Waals surface area contributed by atoms with Crippen LogP contribution in [0.25, 0.3) is 27.8 Å². The van der Waals surface area contributed by atoms with Crippen LogP contribution in [0.2, 0.25) is 0 Å². The summed E-state index contributed by atoms with van der Waals surface area (Å²) >= 11 is 2.96. The maximum atomic E-state index is 12.4. The number of thiazole rings is 1. The molecule has 0 saturated heterocycles. The number of amides is 1. The Labute approximate surface area is 187 Å². The Morgan fingerprint density at radius 3 is 2.77 bits per heavy atom. The maximum Gasteiger partial charge on any atom is 0.226 e.